The molecule has 4 heterocycles. The number of thiazole rings is 1. The summed E-state index contributed by atoms with van der Waals surface area (Å²) in [6, 6.07) is 2.56. The fraction of sp³-hybridized carbons (Fsp3) is 0.667. The molecule has 1 aliphatic carbocycles. The van der Waals surface area contributed by atoms with Gasteiger partial charge in [-0.25, -0.2) is 4.98 Å². The molecule has 2 aromatic rings. The lowest BCUT2D eigenvalue weighted by Gasteiger charge is -2.34. The number of carbonyl (C=O) groups excluding carboxylic acids is 1. The maximum Gasteiger partial charge on any atom is 0.270 e. The summed E-state index contributed by atoms with van der Waals surface area (Å²) in [5.41, 5.74) is 2.10. The Labute approximate surface area is 199 Å². The van der Waals surface area contributed by atoms with E-state index >= 15 is 0 Å². The quantitative estimate of drug-likeness (QED) is 0.661. The molecule has 1 saturated carbocycles. The maximum absolute atomic E-state index is 13.1. The summed E-state index contributed by atoms with van der Waals surface area (Å²) in [4.78, 5) is 29.8. The minimum absolute atomic E-state index is 0.149. The number of likely N-dealkylation sites (tertiary alicyclic amines) is 1. The van der Waals surface area contributed by atoms with Gasteiger partial charge in [0, 0.05) is 37.6 Å². The molecule has 2 aromatic heterocycles. The number of amides is 1. The van der Waals surface area contributed by atoms with Crippen molar-refractivity contribution in [1.82, 2.24) is 25.2 Å². The van der Waals surface area contributed by atoms with Crippen LogP contribution in [0.2, 0.25) is 0 Å². The van der Waals surface area contributed by atoms with Crippen LogP contribution in [0.15, 0.2) is 17.8 Å². The largest absolute Gasteiger partial charge is 0.477 e. The number of carbonyl (C=O) groups is 1. The van der Waals surface area contributed by atoms with Crippen molar-refractivity contribution < 1.29 is 14.3 Å². The van der Waals surface area contributed by atoms with Gasteiger partial charge < -0.3 is 19.7 Å². The Morgan fingerprint density at radius 2 is 1.91 bits per heavy atom. The van der Waals surface area contributed by atoms with Crippen LogP contribution in [0.4, 0.5) is 0 Å². The first-order chi connectivity index (χ1) is 16.2. The Morgan fingerprint density at radius 3 is 2.64 bits per heavy atom. The minimum Gasteiger partial charge on any atom is -0.477 e. The summed E-state index contributed by atoms with van der Waals surface area (Å²) in [6.07, 6.45) is 10.7. The van der Waals surface area contributed by atoms with Gasteiger partial charge in [-0.05, 0) is 70.4 Å². The van der Waals surface area contributed by atoms with E-state index in [1.54, 1.807) is 17.8 Å². The van der Waals surface area contributed by atoms with E-state index in [0.717, 1.165) is 56.6 Å². The molecule has 9 heteroatoms. The highest BCUT2D eigenvalue weighted by atomic mass is 32.1. The number of hydrogen-bond acceptors (Lipinski definition) is 8. The lowest BCUT2D eigenvalue weighted by atomic mass is 9.90. The van der Waals surface area contributed by atoms with E-state index in [4.69, 9.17) is 9.47 Å². The van der Waals surface area contributed by atoms with Crippen molar-refractivity contribution in [2.45, 2.75) is 63.5 Å². The van der Waals surface area contributed by atoms with Crippen LogP contribution in [-0.2, 0) is 4.74 Å². The van der Waals surface area contributed by atoms with Gasteiger partial charge in [0.05, 0.1) is 17.0 Å². The SMILES string of the molecule is O=C(NC1CCC(N2CCCC2)CC1)c1cc(OCC2CCOCC2)nc(-c2cncs2)n1. The molecule has 0 aromatic carbocycles. The fourth-order valence-electron chi connectivity index (χ4n) is 5.12. The minimum atomic E-state index is -0.149. The molecule has 178 valence electrons. The van der Waals surface area contributed by atoms with Crippen LogP contribution < -0.4 is 10.1 Å². The van der Waals surface area contributed by atoms with Crippen molar-refractivity contribution in [3.63, 3.8) is 0 Å². The predicted octanol–water partition coefficient (Wildman–Crippen LogP) is 3.54. The predicted molar refractivity (Wildman–Crippen MR) is 126 cm³/mol. The van der Waals surface area contributed by atoms with Gasteiger partial charge in [-0.1, -0.05) is 0 Å². The van der Waals surface area contributed by atoms with Gasteiger partial charge in [-0.3, -0.25) is 9.78 Å². The molecule has 33 heavy (non-hydrogen) atoms. The van der Waals surface area contributed by atoms with Gasteiger partial charge in [-0.2, -0.15) is 4.98 Å². The Balaban J connectivity index is 1.24. The third-order valence-corrected chi connectivity index (χ3v) is 7.85. The highest BCUT2D eigenvalue weighted by Gasteiger charge is 2.28. The Hall–Kier alpha value is -2.10. The average molecular weight is 472 g/mol. The van der Waals surface area contributed by atoms with Crippen molar-refractivity contribution in [2.75, 3.05) is 32.9 Å². The third-order valence-electron chi connectivity index (χ3n) is 7.08. The molecule has 0 spiro atoms. The molecule has 3 fully saturated rings. The zero-order chi connectivity index (χ0) is 22.5. The molecular weight excluding hydrogens is 438 g/mol. The monoisotopic (exact) mass is 471 g/mol. The molecule has 8 nitrogen and oxygen atoms in total. The first-order valence-corrected chi connectivity index (χ1v) is 13.2. The summed E-state index contributed by atoms with van der Waals surface area (Å²) >= 11 is 1.45. The molecule has 0 bridgehead atoms. The second-order valence-electron chi connectivity index (χ2n) is 9.37. The van der Waals surface area contributed by atoms with Crippen LogP contribution in [-0.4, -0.2) is 70.8 Å². The summed E-state index contributed by atoms with van der Waals surface area (Å²) in [5.74, 6) is 1.24. The summed E-state index contributed by atoms with van der Waals surface area (Å²) < 4.78 is 11.5. The maximum atomic E-state index is 13.1. The van der Waals surface area contributed by atoms with E-state index in [1.165, 1.54) is 37.3 Å². The standard InChI is InChI=1S/C24H33N5O3S/c30-24(26-18-3-5-19(6-4-18)29-9-1-2-10-29)20-13-22(32-15-17-7-11-31-12-8-17)28-23(27-20)21-14-25-16-33-21/h13-14,16-19H,1-12,15H2,(H,26,30). The molecule has 1 N–H and O–H groups in total. The van der Waals surface area contributed by atoms with Gasteiger partial charge in [0.25, 0.3) is 5.91 Å². The first kappa shape index (κ1) is 22.7. The van der Waals surface area contributed by atoms with Crippen LogP contribution in [0.5, 0.6) is 5.88 Å². The van der Waals surface area contributed by atoms with E-state index in [0.29, 0.717) is 36.0 Å². The van der Waals surface area contributed by atoms with E-state index < -0.39 is 0 Å². The van der Waals surface area contributed by atoms with Gasteiger partial charge in [0.15, 0.2) is 5.82 Å². The Bertz CT molecular complexity index is 905. The molecule has 0 radical (unpaired) electrons. The highest BCUT2D eigenvalue weighted by Crippen LogP contribution is 2.27. The van der Waals surface area contributed by atoms with Crippen LogP contribution in [0, 0.1) is 5.92 Å². The molecule has 2 aliphatic heterocycles. The first-order valence-electron chi connectivity index (χ1n) is 12.3. The zero-order valence-corrected chi connectivity index (χ0v) is 19.9. The van der Waals surface area contributed by atoms with Crippen LogP contribution in [0.1, 0.15) is 61.9 Å². The van der Waals surface area contributed by atoms with Crippen LogP contribution in [0.3, 0.4) is 0 Å². The molecule has 1 amide bonds. The highest BCUT2D eigenvalue weighted by molar-refractivity contribution is 7.13. The van der Waals surface area contributed by atoms with Crippen molar-refractivity contribution in [3.8, 4) is 16.6 Å². The fourth-order valence-corrected chi connectivity index (χ4v) is 5.67. The van der Waals surface area contributed by atoms with Crippen molar-refractivity contribution in [1.29, 1.82) is 0 Å². The van der Waals surface area contributed by atoms with E-state index in [1.807, 2.05) is 0 Å². The molecule has 5 rings (SSSR count). The van der Waals surface area contributed by atoms with Crippen LogP contribution in [0.25, 0.3) is 10.7 Å². The Kier molecular flexibility index (Phi) is 7.48. The topological polar surface area (TPSA) is 89.5 Å². The second kappa shape index (κ2) is 10.9. The third kappa shape index (κ3) is 5.88. The van der Waals surface area contributed by atoms with Crippen LogP contribution >= 0.6 is 11.3 Å². The smallest absolute Gasteiger partial charge is 0.270 e. The molecule has 2 saturated heterocycles. The molecule has 0 atom stereocenters. The van der Waals surface area contributed by atoms with Crippen molar-refractivity contribution in [3.05, 3.63) is 23.5 Å². The van der Waals surface area contributed by atoms with E-state index in [-0.39, 0.29) is 11.9 Å². The van der Waals surface area contributed by atoms with E-state index in [9.17, 15) is 4.79 Å². The number of aromatic nitrogens is 3. The summed E-state index contributed by atoms with van der Waals surface area (Å²) in [5, 5.41) is 3.22. The van der Waals surface area contributed by atoms with Crippen molar-refractivity contribution >= 4 is 17.2 Å². The normalized spacial score (nSPS) is 24.6. The molecule has 0 unspecified atom stereocenters. The average Bonchev–Trinajstić information content (AvgIpc) is 3.59. The van der Waals surface area contributed by atoms with Gasteiger partial charge in [0.2, 0.25) is 5.88 Å². The number of nitrogens with zero attached hydrogens (tertiary/aromatic N) is 4. The number of ether oxygens (including phenoxy) is 2. The van der Waals surface area contributed by atoms with E-state index in [2.05, 4.69) is 25.2 Å². The van der Waals surface area contributed by atoms with Crippen molar-refractivity contribution in [2.24, 2.45) is 5.92 Å². The lowest BCUT2D eigenvalue weighted by molar-refractivity contribution is 0.0490. The Morgan fingerprint density at radius 1 is 1.12 bits per heavy atom. The van der Waals surface area contributed by atoms with Gasteiger partial charge in [-0.15, -0.1) is 11.3 Å². The molecule has 3 aliphatic rings. The second-order valence-corrected chi connectivity index (χ2v) is 10.3. The number of nitrogens with one attached hydrogen (secondary N) is 1. The summed E-state index contributed by atoms with van der Waals surface area (Å²) in [6.45, 7) is 4.60. The lowest BCUT2D eigenvalue weighted by Crippen LogP contribution is -2.43. The number of rotatable bonds is 7. The number of hydrogen-bond donors (Lipinski definition) is 1. The molecular formula is C24H33N5O3S. The van der Waals surface area contributed by atoms with Gasteiger partial charge >= 0.3 is 0 Å². The summed E-state index contributed by atoms with van der Waals surface area (Å²) in [7, 11) is 0. The zero-order valence-electron chi connectivity index (χ0n) is 19.1. The van der Waals surface area contributed by atoms with Gasteiger partial charge in [0.1, 0.15) is 5.69 Å².